The second-order valence-corrected chi connectivity index (χ2v) is 4.24. The minimum atomic E-state index is 1.05. The summed E-state index contributed by atoms with van der Waals surface area (Å²) >= 11 is 0. The van der Waals surface area contributed by atoms with Crippen LogP contribution in [0.2, 0.25) is 0 Å². The fraction of sp³-hybridized carbons (Fsp3) is 0.357. The van der Waals surface area contributed by atoms with E-state index in [4.69, 9.17) is 10.7 Å². The first-order valence-electron chi connectivity index (χ1n) is 5.85. The predicted octanol–water partition coefficient (Wildman–Crippen LogP) is 3.48. The molecular weight excluding hydrogens is 196 g/mol. The molecule has 0 atom stereocenters. The van der Waals surface area contributed by atoms with Crippen molar-refractivity contribution in [2.75, 3.05) is 0 Å². The summed E-state index contributed by atoms with van der Waals surface area (Å²) in [7, 11) is 0. The number of aryl methyl sites for hydroxylation is 1. The molecule has 0 spiro atoms. The first-order chi connectivity index (χ1) is 7.81. The fourth-order valence-electron chi connectivity index (χ4n) is 2.05. The van der Waals surface area contributed by atoms with Gasteiger partial charge in [0.25, 0.3) is 0 Å². The monoisotopic (exact) mass is 214 g/mol. The van der Waals surface area contributed by atoms with Crippen LogP contribution in [0.25, 0.3) is 0 Å². The van der Waals surface area contributed by atoms with E-state index in [-0.39, 0.29) is 0 Å². The highest BCUT2D eigenvalue weighted by Gasteiger charge is 2.12. The molecule has 1 aromatic carbocycles. The predicted molar refractivity (Wildman–Crippen MR) is 69.0 cm³/mol. The van der Waals surface area contributed by atoms with Crippen molar-refractivity contribution in [3.05, 3.63) is 41.6 Å². The number of nitrogens with two attached hydrogens (primary N) is 1. The third kappa shape index (κ3) is 2.32. The smallest absolute Gasteiger partial charge is 0.0662 e. The largest absolute Gasteiger partial charge is 0.404 e. The van der Waals surface area contributed by atoms with Gasteiger partial charge in [-0.3, -0.25) is 4.99 Å². The van der Waals surface area contributed by atoms with Crippen LogP contribution in [0.15, 0.2) is 41.0 Å². The molecule has 0 amide bonds. The molecule has 0 unspecified atom stereocenters. The van der Waals surface area contributed by atoms with E-state index in [1.807, 2.05) is 12.1 Å². The van der Waals surface area contributed by atoms with Crippen LogP contribution < -0.4 is 5.73 Å². The van der Waals surface area contributed by atoms with E-state index in [2.05, 4.69) is 19.1 Å². The zero-order chi connectivity index (χ0) is 11.4. The topological polar surface area (TPSA) is 38.4 Å². The molecule has 0 heterocycles. The molecule has 84 valence electrons. The number of rotatable bonds is 1. The Hall–Kier alpha value is -1.57. The van der Waals surface area contributed by atoms with E-state index in [0.29, 0.717) is 0 Å². The minimum absolute atomic E-state index is 1.05. The summed E-state index contributed by atoms with van der Waals surface area (Å²) in [4.78, 5) is 4.74. The molecule has 2 N–H and O–H groups in total. The van der Waals surface area contributed by atoms with Crippen molar-refractivity contribution in [2.24, 2.45) is 10.7 Å². The van der Waals surface area contributed by atoms with Crippen LogP contribution in [-0.2, 0) is 0 Å². The van der Waals surface area contributed by atoms with E-state index in [1.165, 1.54) is 29.7 Å². The summed E-state index contributed by atoms with van der Waals surface area (Å²) in [5.41, 5.74) is 10.3. The van der Waals surface area contributed by atoms with E-state index in [9.17, 15) is 0 Å². The summed E-state index contributed by atoms with van der Waals surface area (Å²) in [6, 6.07) is 8.22. The van der Waals surface area contributed by atoms with Crippen molar-refractivity contribution in [1.29, 1.82) is 0 Å². The summed E-state index contributed by atoms with van der Waals surface area (Å²) in [5, 5.41) is 0. The second kappa shape index (κ2) is 4.97. The SMILES string of the molecule is Cc1ccccc1N=C1CCCCC1=CN. The number of nitrogens with zero attached hydrogens (tertiary/aromatic N) is 1. The Kier molecular flexibility index (Phi) is 3.40. The van der Waals surface area contributed by atoms with Crippen LogP contribution in [0.3, 0.4) is 0 Å². The number of para-hydroxylation sites is 1. The molecule has 2 nitrogen and oxygen atoms in total. The number of hydrogen-bond acceptors (Lipinski definition) is 2. The number of aliphatic imine (C=N–C) groups is 1. The third-order valence-electron chi connectivity index (χ3n) is 3.05. The average molecular weight is 214 g/mol. The van der Waals surface area contributed by atoms with Gasteiger partial charge in [-0.05, 0) is 56.0 Å². The lowest BCUT2D eigenvalue weighted by atomic mass is 9.93. The first kappa shape index (κ1) is 10.9. The van der Waals surface area contributed by atoms with Gasteiger partial charge in [0.05, 0.1) is 5.69 Å². The Morgan fingerprint density at radius 1 is 1.19 bits per heavy atom. The minimum Gasteiger partial charge on any atom is -0.404 e. The van der Waals surface area contributed by atoms with Crippen molar-refractivity contribution in [2.45, 2.75) is 32.6 Å². The quantitative estimate of drug-likeness (QED) is 0.763. The van der Waals surface area contributed by atoms with Crippen LogP contribution in [0.1, 0.15) is 31.2 Å². The van der Waals surface area contributed by atoms with E-state index in [1.54, 1.807) is 6.20 Å². The van der Waals surface area contributed by atoms with Crippen LogP contribution in [0.4, 0.5) is 5.69 Å². The van der Waals surface area contributed by atoms with Crippen LogP contribution in [-0.4, -0.2) is 5.71 Å². The number of allylic oxidation sites excluding steroid dienone is 1. The molecule has 16 heavy (non-hydrogen) atoms. The zero-order valence-electron chi connectivity index (χ0n) is 9.74. The first-order valence-corrected chi connectivity index (χ1v) is 5.85. The average Bonchev–Trinajstić information content (AvgIpc) is 2.33. The Balaban J connectivity index is 2.32. The lowest BCUT2D eigenvalue weighted by Gasteiger charge is -2.16. The lowest BCUT2D eigenvalue weighted by Crippen LogP contribution is -2.10. The molecule has 2 rings (SSSR count). The van der Waals surface area contributed by atoms with Gasteiger partial charge < -0.3 is 5.73 Å². The van der Waals surface area contributed by atoms with E-state index < -0.39 is 0 Å². The van der Waals surface area contributed by atoms with E-state index in [0.717, 1.165) is 18.5 Å². The molecule has 1 fully saturated rings. The second-order valence-electron chi connectivity index (χ2n) is 4.24. The molecular formula is C14H18N2. The summed E-state index contributed by atoms with van der Waals surface area (Å²) in [5.74, 6) is 0. The standard InChI is InChI=1S/C14H18N2/c1-11-6-2-4-8-13(11)16-14-9-5-3-7-12(14)10-15/h2,4,6,8,10H,3,5,7,9,15H2,1H3. The Labute approximate surface area is 96.9 Å². The molecule has 2 heteroatoms. The van der Waals surface area contributed by atoms with Gasteiger partial charge in [0, 0.05) is 5.71 Å². The molecule has 1 aromatic rings. The number of benzene rings is 1. The molecule has 0 saturated heterocycles. The summed E-state index contributed by atoms with van der Waals surface area (Å²) in [6.07, 6.45) is 6.30. The van der Waals surface area contributed by atoms with Gasteiger partial charge in [-0.1, -0.05) is 18.2 Å². The highest BCUT2D eigenvalue weighted by Crippen LogP contribution is 2.25. The zero-order valence-corrected chi connectivity index (χ0v) is 9.74. The summed E-state index contributed by atoms with van der Waals surface area (Å²) in [6.45, 7) is 2.09. The molecule has 0 bridgehead atoms. The maximum absolute atomic E-state index is 5.64. The normalized spacial score (nSPS) is 21.6. The molecule has 0 aliphatic heterocycles. The van der Waals surface area contributed by atoms with Crippen molar-refractivity contribution in [3.8, 4) is 0 Å². The van der Waals surface area contributed by atoms with Gasteiger partial charge in [0.2, 0.25) is 0 Å². The lowest BCUT2D eigenvalue weighted by molar-refractivity contribution is 0.732. The van der Waals surface area contributed by atoms with Crippen LogP contribution in [0, 0.1) is 6.92 Å². The van der Waals surface area contributed by atoms with Gasteiger partial charge >= 0.3 is 0 Å². The maximum Gasteiger partial charge on any atom is 0.0662 e. The van der Waals surface area contributed by atoms with Crippen LogP contribution >= 0.6 is 0 Å². The van der Waals surface area contributed by atoms with Crippen LogP contribution in [0.5, 0.6) is 0 Å². The Morgan fingerprint density at radius 3 is 2.69 bits per heavy atom. The highest BCUT2D eigenvalue weighted by molar-refractivity contribution is 6.02. The van der Waals surface area contributed by atoms with Crippen molar-refractivity contribution < 1.29 is 0 Å². The molecule has 1 saturated carbocycles. The van der Waals surface area contributed by atoms with Gasteiger partial charge in [0.1, 0.15) is 0 Å². The van der Waals surface area contributed by atoms with Crippen molar-refractivity contribution in [1.82, 2.24) is 0 Å². The molecule has 0 aromatic heterocycles. The molecule has 0 radical (unpaired) electrons. The van der Waals surface area contributed by atoms with Crippen molar-refractivity contribution >= 4 is 11.4 Å². The molecule has 1 aliphatic rings. The Morgan fingerprint density at radius 2 is 1.94 bits per heavy atom. The van der Waals surface area contributed by atoms with Gasteiger partial charge in [-0.2, -0.15) is 0 Å². The third-order valence-corrected chi connectivity index (χ3v) is 3.05. The Bertz CT molecular complexity index is 430. The summed E-state index contributed by atoms with van der Waals surface area (Å²) < 4.78 is 0. The van der Waals surface area contributed by atoms with Gasteiger partial charge in [-0.25, -0.2) is 0 Å². The maximum atomic E-state index is 5.64. The molecule has 1 aliphatic carbocycles. The fourth-order valence-corrected chi connectivity index (χ4v) is 2.05. The van der Waals surface area contributed by atoms with Gasteiger partial charge in [-0.15, -0.1) is 0 Å². The number of hydrogen-bond donors (Lipinski definition) is 1. The highest BCUT2D eigenvalue weighted by atomic mass is 14.8. The van der Waals surface area contributed by atoms with Gasteiger partial charge in [0.15, 0.2) is 0 Å². The van der Waals surface area contributed by atoms with E-state index >= 15 is 0 Å². The van der Waals surface area contributed by atoms with Crippen molar-refractivity contribution in [3.63, 3.8) is 0 Å².